The molecule has 6 rings (SSSR count). The maximum atomic E-state index is 6.37. The van der Waals surface area contributed by atoms with Crippen molar-refractivity contribution in [3.8, 4) is 22.3 Å². The average Bonchev–Trinajstić information content (AvgIpc) is 3.23. The number of hydrogen-bond acceptors (Lipinski definition) is 3. The van der Waals surface area contributed by atoms with Crippen LogP contribution in [0.1, 0.15) is 5.56 Å². The van der Waals surface area contributed by atoms with Crippen molar-refractivity contribution in [1.29, 1.82) is 0 Å². The van der Waals surface area contributed by atoms with Crippen molar-refractivity contribution >= 4 is 48.6 Å². The van der Waals surface area contributed by atoms with E-state index in [0.29, 0.717) is 0 Å². The first-order valence-electron chi connectivity index (χ1n) is 11.4. The molecule has 1 heterocycles. The molecule has 1 aromatic heterocycles. The van der Waals surface area contributed by atoms with Crippen LogP contribution in [0.3, 0.4) is 0 Å². The molecule has 0 atom stereocenters. The summed E-state index contributed by atoms with van der Waals surface area (Å²) in [6, 6.07) is 38.4. The minimum atomic E-state index is 0.786. The zero-order valence-corrected chi connectivity index (χ0v) is 19.7. The van der Waals surface area contributed by atoms with Crippen molar-refractivity contribution in [2.24, 2.45) is 0 Å². The predicted molar refractivity (Wildman–Crippen MR) is 149 cm³/mol. The van der Waals surface area contributed by atoms with Gasteiger partial charge in [-0.3, -0.25) is 0 Å². The van der Waals surface area contributed by atoms with Crippen LogP contribution in [-0.4, -0.2) is 0 Å². The fourth-order valence-corrected chi connectivity index (χ4v) is 5.87. The molecule has 3 N–H and O–H groups in total. The number of rotatable bonds is 4. The lowest BCUT2D eigenvalue weighted by molar-refractivity contribution is 1.46. The lowest BCUT2D eigenvalue weighted by Gasteiger charge is -2.12. The van der Waals surface area contributed by atoms with Crippen LogP contribution in [0.15, 0.2) is 109 Å². The highest BCUT2D eigenvalue weighted by atomic mass is 32.1. The molecule has 2 nitrogen and oxygen atoms in total. The maximum absolute atomic E-state index is 6.37. The topological polar surface area (TPSA) is 38.0 Å². The van der Waals surface area contributed by atoms with Gasteiger partial charge in [-0.15, -0.1) is 11.3 Å². The van der Waals surface area contributed by atoms with E-state index in [4.69, 9.17) is 5.73 Å². The Balaban J connectivity index is 1.67. The van der Waals surface area contributed by atoms with Gasteiger partial charge in [0.15, 0.2) is 0 Å². The molecule has 0 bridgehead atoms. The third-order valence-corrected chi connectivity index (χ3v) is 7.37. The van der Waals surface area contributed by atoms with Crippen molar-refractivity contribution in [3.63, 3.8) is 0 Å². The minimum Gasteiger partial charge on any atom is -0.399 e. The molecule has 0 aliphatic carbocycles. The number of fused-ring (bicyclic) bond motifs is 3. The second kappa shape index (κ2) is 8.36. The SMILES string of the molecule is Cc1cccc(Nc2cc(-c3ccccc3)cc3c2sc2cc(N)cc(-c4ccccc4)c23)c1. The number of nitrogens with one attached hydrogen (secondary N) is 1. The predicted octanol–water partition coefficient (Wildman–Crippen LogP) is 9.02. The van der Waals surface area contributed by atoms with E-state index in [1.54, 1.807) is 11.3 Å². The third-order valence-electron chi connectivity index (χ3n) is 6.18. The molecule has 164 valence electrons. The summed E-state index contributed by atoms with van der Waals surface area (Å²) in [6.45, 7) is 2.12. The van der Waals surface area contributed by atoms with E-state index in [0.717, 1.165) is 17.1 Å². The molecule has 0 amide bonds. The molecule has 0 unspecified atom stereocenters. The molecule has 0 radical (unpaired) electrons. The Labute approximate surface area is 203 Å². The molecular formula is C31H24N2S. The Morgan fingerprint density at radius 2 is 1.41 bits per heavy atom. The summed E-state index contributed by atoms with van der Waals surface area (Å²) in [5.41, 5.74) is 15.3. The zero-order chi connectivity index (χ0) is 23.1. The fraction of sp³-hybridized carbons (Fsp3) is 0.0323. The van der Waals surface area contributed by atoms with Crippen molar-refractivity contribution in [2.45, 2.75) is 6.92 Å². The second-order valence-electron chi connectivity index (χ2n) is 8.67. The minimum absolute atomic E-state index is 0.786. The normalized spacial score (nSPS) is 11.2. The molecule has 0 spiro atoms. The quantitative estimate of drug-likeness (QED) is 0.260. The molecule has 0 saturated carbocycles. The maximum Gasteiger partial charge on any atom is 0.0591 e. The van der Waals surface area contributed by atoms with Gasteiger partial charge in [-0.1, -0.05) is 72.8 Å². The Hall–Kier alpha value is -4.08. The van der Waals surface area contributed by atoms with Gasteiger partial charge in [0.1, 0.15) is 0 Å². The summed E-state index contributed by atoms with van der Waals surface area (Å²) in [6.07, 6.45) is 0. The standard InChI is InChI=1S/C31H24N2S/c1-20-9-8-14-25(15-20)33-28-17-23(21-10-4-2-5-11-21)16-27-30-26(22-12-6-3-7-13-22)18-24(32)19-29(30)34-31(27)28/h2-19,33H,32H2,1H3. The van der Waals surface area contributed by atoms with Gasteiger partial charge in [-0.25, -0.2) is 0 Å². The monoisotopic (exact) mass is 456 g/mol. The van der Waals surface area contributed by atoms with E-state index >= 15 is 0 Å². The molecule has 0 aliphatic heterocycles. The van der Waals surface area contributed by atoms with Crippen molar-refractivity contribution in [2.75, 3.05) is 11.1 Å². The van der Waals surface area contributed by atoms with E-state index in [1.807, 2.05) is 0 Å². The lowest BCUT2D eigenvalue weighted by atomic mass is 9.96. The first-order valence-corrected chi connectivity index (χ1v) is 12.2. The molecule has 5 aromatic carbocycles. The highest BCUT2D eigenvalue weighted by molar-refractivity contribution is 7.26. The molecule has 6 aromatic rings. The largest absolute Gasteiger partial charge is 0.399 e. The van der Waals surface area contributed by atoms with E-state index in [9.17, 15) is 0 Å². The van der Waals surface area contributed by atoms with E-state index in [2.05, 4.69) is 121 Å². The zero-order valence-electron chi connectivity index (χ0n) is 18.9. The average molecular weight is 457 g/mol. The van der Waals surface area contributed by atoms with Gasteiger partial charge in [-0.2, -0.15) is 0 Å². The molecule has 3 heteroatoms. The van der Waals surface area contributed by atoms with Crippen LogP contribution in [0.25, 0.3) is 42.4 Å². The summed E-state index contributed by atoms with van der Waals surface area (Å²) in [7, 11) is 0. The van der Waals surface area contributed by atoms with Crippen LogP contribution in [0.5, 0.6) is 0 Å². The number of aryl methyl sites for hydroxylation is 1. The van der Waals surface area contributed by atoms with Gasteiger partial charge in [0.25, 0.3) is 0 Å². The summed E-state index contributed by atoms with van der Waals surface area (Å²) in [5.74, 6) is 0. The van der Waals surface area contributed by atoms with Crippen molar-refractivity contribution < 1.29 is 0 Å². The number of benzene rings is 5. The first-order chi connectivity index (χ1) is 16.7. The Morgan fingerprint density at radius 3 is 2.15 bits per heavy atom. The Kier molecular flexibility index (Phi) is 5.05. The molecule has 34 heavy (non-hydrogen) atoms. The van der Waals surface area contributed by atoms with E-state index < -0.39 is 0 Å². The lowest BCUT2D eigenvalue weighted by Crippen LogP contribution is -1.92. The number of hydrogen-bond donors (Lipinski definition) is 2. The summed E-state index contributed by atoms with van der Waals surface area (Å²) >= 11 is 1.80. The van der Waals surface area contributed by atoms with Crippen molar-refractivity contribution in [1.82, 2.24) is 0 Å². The summed E-state index contributed by atoms with van der Waals surface area (Å²) in [4.78, 5) is 0. The van der Waals surface area contributed by atoms with Gasteiger partial charge in [0.2, 0.25) is 0 Å². The molecule has 0 fully saturated rings. The van der Waals surface area contributed by atoms with Crippen LogP contribution in [0.4, 0.5) is 17.1 Å². The highest BCUT2D eigenvalue weighted by Crippen LogP contribution is 2.46. The van der Waals surface area contributed by atoms with Gasteiger partial charge >= 0.3 is 0 Å². The summed E-state index contributed by atoms with van der Waals surface area (Å²) < 4.78 is 2.44. The highest BCUT2D eigenvalue weighted by Gasteiger charge is 2.16. The molecule has 0 saturated heterocycles. The smallest absolute Gasteiger partial charge is 0.0591 e. The second-order valence-corrected chi connectivity index (χ2v) is 9.72. The van der Waals surface area contributed by atoms with Crippen LogP contribution < -0.4 is 11.1 Å². The van der Waals surface area contributed by atoms with Crippen LogP contribution >= 0.6 is 11.3 Å². The number of nitrogen functional groups attached to an aromatic ring is 1. The number of anilines is 3. The summed E-state index contributed by atoms with van der Waals surface area (Å²) in [5, 5.41) is 6.21. The molecule has 0 aliphatic rings. The van der Waals surface area contributed by atoms with E-state index in [-0.39, 0.29) is 0 Å². The van der Waals surface area contributed by atoms with Crippen molar-refractivity contribution in [3.05, 3.63) is 115 Å². The molecular weight excluding hydrogens is 432 g/mol. The van der Waals surface area contributed by atoms with Crippen LogP contribution in [0, 0.1) is 6.92 Å². The van der Waals surface area contributed by atoms with Crippen LogP contribution in [-0.2, 0) is 0 Å². The van der Waals surface area contributed by atoms with Gasteiger partial charge in [-0.05, 0) is 71.1 Å². The number of thiophene rings is 1. The third kappa shape index (κ3) is 3.70. The Morgan fingerprint density at radius 1 is 0.676 bits per heavy atom. The number of nitrogens with two attached hydrogens (primary N) is 1. The van der Waals surface area contributed by atoms with Crippen LogP contribution in [0.2, 0.25) is 0 Å². The van der Waals surface area contributed by atoms with Gasteiger partial charge < -0.3 is 11.1 Å². The first kappa shape index (κ1) is 20.5. The fourth-order valence-electron chi connectivity index (χ4n) is 4.64. The Bertz CT molecular complexity index is 1630. The van der Waals surface area contributed by atoms with E-state index in [1.165, 1.54) is 48.0 Å². The van der Waals surface area contributed by atoms with Gasteiger partial charge in [0, 0.05) is 26.8 Å². The van der Waals surface area contributed by atoms with Gasteiger partial charge in [0.05, 0.1) is 10.4 Å².